The van der Waals surface area contributed by atoms with Crippen LogP contribution in [0, 0.1) is 6.92 Å². The van der Waals surface area contributed by atoms with Gasteiger partial charge in [0.25, 0.3) is 0 Å². The predicted octanol–water partition coefficient (Wildman–Crippen LogP) is 0.710. The van der Waals surface area contributed by atoms with Gasteiger partial charge in [0, 0.05) is 19.0 Å². The lowest BCUT2D eigenvalue weighted by atomic mass is 10.2. The van der Waals surface area contributed by atoms with Gasteiger partial charge in [-0.15, -0.1) is 0 Å². The van der Waals surface area contributed by atoms with Gasteiger partial charge in [-0.25, -0.2) is 9.97 Å². The third kappa shape index (κ3) is 2.63. The maximum Gasteiger partial charge on any atom is 0.125 e. The number of aliphatic hydroxyl groups excluding tert-OH is 1. The number of aryl methyl sites for hydroxylation is 2. The first-order valence-electron chi connectivity index (χ1n) is 3.71. The molecule has 0 fully saturated rings. The molecule has 3 heteroatoms. The zero-order valence-electron chi connectivity index (χ0n) is 6.62. The Morgan fingerprint density at radius 2 is 2.00 bits per heavy atom. The minimum atomic E-state index is 0.230. The number of aliphatic hydroxyl groups is 1. The van der Waals surface area contributed by atoms with Gasteiger partial charge in [0.2, 0.25) is 0 Å². The SMILES string of the molecule is Cc1ncc(CCCO)cn1. The molecule has 1 rings (SSSR count). The molecular weight excluding hydrogens is 140 g/mol. The van der Waals surface area contributed by atoms with Gasteiger partial charge < -0.3 is 5.11 Å². The largest absolute Gasteiger partial charge is 0.396 e. The van der Waals surface area contributed by atoms with Crippen LogP contribution in [0.1, 0.15) is 17.8 Å². The first-order chi connectivity index (χ1) is 5.33. The van der Waals surface area contributed by atoms with Gasteiger partial charge in [-0.3, -0.25) is 0 Å². The van der Waals surface area contributed by atoms with E-state index in [9.17, 15) is 0 Å². The van der Waals surface area contributed by atoms with E-state index in [1.54, 1.807) is 12.4 Å². The molecule has 0 amide bonds. The lowest BCUT2D eigenvalue weighted by Crippen LogP contribution is -1.93. The molecule has 0 aliphatic carbocycles. The van der Waals surface area contributed by atoms with Gasteiger partial charge in [0.05, 0.1) is 0 Å². The highest BCUT2D eigenvalue weighted by molar-refractivity contribution is 5.04. The fourth-order valence-electron chi connectivity index (χ4n) is 0.832. The van der Waals surface area contributed by atoms with Crippen molar-refractivity contribution in [2.45, 2.75) is 19.8 Å². The molecule has 1 N–H and O–H groups in total. The van der Waals surface area contributed by atoms with Gasteiger partial charge in [-0.2, -0.15) is 0 Å². The lowest BCUT2D eigenvalue weighted by molar-refractivity contribution is 0.288. The van der Waals surface area contributed by atoms with E-state index in [0.29, 0.717) is 0 Å². The molecule has 0 saturated heterocycles. The summed E-state index contributed by atoms with van der Waals surface area (Å²) >= 11 is 0. The van der Waals surface area contributed by atoms with E-state index in [4.69, 9.17) is 5.11 Å². The average Bonchev–Trinajstić information content (AvgIpc) is 2.04. The Hall–Kier alpha value is -0.960. The van der Waals surface area contributed by atoms with Crippen LogP contribution in [-0.2, 0) is 6.42 Å². The van der Waals surface area contributed by atoms with Crippen LogP contribution in [0.15, 0.2) is 12.4 Å². The quantitative estimate of drug-likeness (QED) is 0.693. The van der Waals surface area contributed by atoms with Gasteiger partial charge in [0.15, 0.2) is 0 Å². The summed E-state index contributed by atoms with van der Waals surface area (Å²) in [5.74, 6) is 0.790. The van der Waals surface area contributed by atoms with Gasteiger partial charge >= 0.3 is 0 Å². The van der Waals surface area contributed by atoms with E-state index in [1.807, 2.05) is 6.92 Å². The second kappa shape index (κ2) is 4.03. The van der Waals surface area contributed by atoms with E-state index >= 15 is 0 Å². The van der Waals surface area contributed by atoms with E-state index < -0.39 is 0 Å². The Morgan fingerprint density at radius 1 is 1.36 bits per heavy atom. The zero-order chi connectivity index (χ0) is 8.10. The van der Waals surface area contributed by atoms with E-state index in [-0.39, 0.29) is 6.61 Å². The first-order valence-corrected chi connectivity index (χ1v) is 3.71. The number of rotatable bonds is 3. The maximum atomic E-state index is 8.54. The summed E-state index contributed by atoms with van der Waals surface area (Å²) in [7, 11) is 0. The summed E-state index contributed by atoms with van der Waals surface area (Å²) in [5, 5.41) is 8.54. The average molecular weight is 152 g/mol. The van der Waals surface area contributed by atoms with E-state index in [2.05, 4.69) is 9.97 Å². The molecule has 1 heterocycles. The van der Waals surface area contributed by atoms with Gasteiger partial charge in [-0.05, 0) is 25.3 Å². The minimum Gasteiger partial charge on any atom is -0.396 e. The van der Waals surface area contributed by atoms with Crippen LogP contribution in [0.4, 0.5) is 0 Å². The minimum absolute atomic E-state index is 0.230. The molecule has 1 aromatic heterocycles. The van der Waals surface area contributed by atoms with Crippen LogP contribution in [0.3, 0.4) is 0 Å². The molecular formula is C8H12N2O. The van der Waals surface area contributed by atoms with Crippen LogP contribution in [0.25, 0.3) is 0 Å². The van der Waals surface area contributed by atoms with Crippen LogP contribution in [0.2, 0.25) is 0 Å². The van der Waals surface area contributed by atoms with Crippen LogP contribution in [0.5, 0.6) is 0 Å². The van der Waals surface area contributed by atoms with Crippen molar-refractivity contribution in [3.05, 3.63) is 23.8 Å². The molecule has 0 aliphatic heterocycles. The molecule has 0 aliphatic rings. The molecule has 0 bridgehead atoms. The fraction of sp³-hybridized carbons (Fsp3) is 0.500. The Balaban J connectivity index is 2.52. The lowest BCUT2D eigenvalue weighted by Gasteiger charge is -1.97. The zero-order valence-corrected chi connectivity index (χ0v) is 6.62. The topological polar surface area (TPSA) is 46.0 Å². The van der Waals surface area contributed by atoms with Crippen molar-refractivity contribution in [2.75, 3.05) is 6.61 Å². The summed E-state index contributed by atoms with van der Waals surface area (Å²) in [6.07, 6.45) is 5.25. The number of nitrogens with zero attached hydrogens (tertiary/aromatic N) is 2. The molecule has 3 nitrogen and oxygen atoms in total. The predicted molar refractivity (Wildman–Crippen MR) is 42.2 cm³/mol. The van der Waals surface area contributed by atoms with Crippen molar-refractivity contribution in [2.24, 2.45) is 0 Å². The molecule has 0 saturated carbocycles. The fourth-order valence-corrected chi connectivity index (χ4v) is 0.832. The van der Waals surface area contributed by atoms with Crippen molar-refractivity contribution in [1.29, 1.82) is 0 Å². The summed E-state index contributed by atoms with van der Waals surface area (Å²) in [6, 6.07) is 0. The van der Waals surface area contributed by atoms with Crippen molar-refractivity contribution >= 4 is 0 Å². The maximum absolute atomic E-state index is 8.54. The van der Waals surface area contributed by atoms with E-state index in [0.717, 1.165) is 24.2 Å². The summed E-state index contributed by atoms with van der Waals surface area (Å²) in [5.41, 5.74) is 1.09. The van der Waals surface area contributed by atoms with Crippen molar-refractivity contribution < 1.29 is 5.11 Å². The molecule has 11 heavy (non-hydrogen) atoms. The Labute approximate surface area is 66.1 Å². The third-order valence-electron chi connectivity index (χ3n) is 1.46. The molecule has 0 radical (unpaired) electrons. The summed E-state index contributed by atoms with van der Waals surface area (Å²) in [4.78, 5) is 8.08. The van der Waals surface area contributed by atoms with Gasteiger partial charge in [-0.1, -0.05) is 0 Å². The highest BCUT2D eigenvalue weighted by atomic mass is 16.2. The third-order valence-corrected chi connectivity index (χ3v) is 1.46. The highest BCUT2D eigenvalue weighted by Crippen LogP contribution is 1.98. The van der Waals surface area contributed by atoms with Gasteiger partial charge in [0.1, 0.15) is 5.82 Å². The standard InChI is InChI=1S/C8H12N2O/c1-7-9-5-8(6-10-7)3-2-4-11/h5-6,11H,2-4H2,1H3. The van der Waals surface area contributed by atoms with Crippen molar-refractivity contribution in [3.8, 4) is 0 Å². The molecule has 1 aromatic rings. The molecule has 0 spiro atoms. The highest BCUT2D eigenvalue weighted by Gasteiger charge is 1.92. The second-order valence-corrected chi connectivity index (χ2v) is 2.47. The molecule has 60 valence electrons. The molecule has 0 aromatic carbocycles. The van der Waals surface area contributed by atoms with E-state index in [1.165, 1.54) is 0 Å². The Bertz CT molecular complexity index is 208. The van der Waals surface area contributed by atoms with Crippen LogP contribution >= 0.6 is 0 Å². The first kappa shape index (κ1) is 8.14. The Kier molecular flexibility index (Phi) is 2.98. The Morgan fingerprint density at radius 3 is 2.55 bits per heavy atom. The summed E-state index contributed by atoms with van der Waals surface area (Å²) < 4.78 is 0. The number of hydrogen-bond acceptors (Lipinski definition) is 3. The van der Waals surface area contributed by atoms with Crippen LogP contribution < -0.4 is 0 Å². The normalized spacial score (nSPS) is 10.0. The van der Waals surface area contributed by atoms with Crippen molar-refractivity contribution in [3.63, 3.8) is 0 Å². The monoisotopic (exact) mass is 152 g/mol. The number of aromatic nitrogens is 2. The summed E-state index contributed by atoms with van der Waals surface area (Å²) in [6.45, 7) is 2.09. The van der Waals surface area contributed by atoms with Crippen LogP contribution in [-0.4, -0.2) is 21.7 Å². The number of hydrogen-bond donors (Lipinski definition) is 1. The van der Waals surface area contributed by atoms with Crippen molar-refractivity contribution in [1.82, 2.24) is 9.97 Å². The second-order valence-electron chi connectivity index (χ2n) is 2.47. The molecule has 0 unspecified atom stereocenters. The molecule has 0 atom stereocenters. The smallest absolute Gasteiger partial charge is 0.125 e.